The second-order valence-corrected chi connectivity index (χ2v) is 5.39. The van der Waals surface area contributed by atoms with Gasteiger partial charge in [0, 0.05) is 22.7 Å². The zero-order valence-corrected chi connectivity index (χ0v) is 12.3. The smallest absolute Gasteiger partial charge is 0.119 e. The van der Waals surface area contributed by atoms with Gasteiger partial charge in [-0.2, -0.15) is 0 Å². The third-order valence-electron chi connectivity index (χ3n) is 2.83. The Labute approximate surface area is 124 Å². The van der Waals surface area contributed by atoms with Gasteiger partial charge in [0.2, 0.25) is 0 Å². The highest BCUT2D eigenvalue weighted by molar-refractivity contribution is 7.80. The first kappa shape index (κ1) is 14.0. The van der Waals surface area contributed by atoms with Gasteiger partial charge in [-0.3, -0.25) is 0 Å². The average Bonchev–Trinajstić information content (AvgIpc) is 2.38. The molecule has 0 aromatic heterocycles. The quantitative estimate of drug-likeness (QED) is 0.750. The topological polar surface area (TPSA) is 9.23 Å². The Hall–Kier alpha value is -1.38. The van der Waals surface area contributed by atoms with Crippen molar-refractivity contribution in [1.82, 2.24) is 0 Å². The lowest BCUT2D eigenvalue weighted by molar-refractivity contribution is 0.414. The maximum atomic E-state index is 5.97. The van der Waals surface area contributed by atoms with E-state index in [9.17, 15) is 0 Å². The molecule has 0 aliphatic rings. The fourth-order valence-electron chi connectivity index (χ4n) is 1.95. The van der Waals surface area contributed by atoms with E-state index in [2.05, 4.69) is 6.07 Å². The van der Waals surface area contributed by atoms with Crippen LogP contribution in [0.5, 0.6) is 5.75 Å². The first-order chi connectivity index (χ1) is 9.17. The molecule has 2 aromatic rings. The Morgan fingerprint density at radius 2 is 1.68 bits per heavy atom. The third kappa shape index (κ3) is 4.34. The van der Waals surface area contributed by atoms with Crippen molar-refractivity contribution in [2.24, 2.45) is 0 Å². The summed E-state index contributed by atoms with van der Waals surface area (Å²) in [5.74, 6) is 0.864. The summed E-state index contributed by atoms with van der Waals surface area (Å²) in [6.45, 7) is 0. The van der Waals surface area contributed by atoms with Crippen LogP contribution in [0.2, 0.25) is 5.02 Å². The first-order valence-electron chi connectivity index (χ1n) is 6.06. The molecule has 0 atom stereocenters. The van der Waals surface area contributed by atoms with E-state index in [0.29, 0.717) is 0 Å². The lowest BCUT2D eigenvalue weighted by Crippen LogP contribution is -2.04. The van der Waals surface area contributed by atoms with Crippen LogP contribution in [0, 0.1) is 0 Å². The van der Waals surface area contributed by atoms with Gasteiger partial charge in [-0.1, -0.05) is 48.1 Å². The highest BCUT2D eigenvalue weighted by atomic mass is 35.5. The summed E-state index contributed by atoms with van der Waals surface area (Å²) in [6, 6.07) is 15.8. The van der Waals surface area contributed by atoms with Crippen molar-refractivity contribution in [1.29, 1.82) is 0 Å². The number of halogens is 1. The molecule has 0 spiro atoms. The molecule has 0 fully saturated rings. The molecule has 0 bridgehead atoms. The van der Waals surface area contributed by atoms with E-state index in [1.807, 2.05) is 42.5 Å². The lowest BCUT2D eigenvalue weighted by atomic mass is 10.0. The molecule has 0 N–H and O–H groups in total. The molecule has 0 heterocycles. The summed E-state index contributed by atoms with van der Waals surface area (Å²) >= 11 is 11.4. The maximum Gasteiger partial charge on any atom is 0.119 e. The van der Waals surface area contributed by atoms with Crippen LogP contribution >= 0.6 is 23.8 Å². The van der Waals surface area contributed by atoms with Gasteiger partial charge < -0.3 is 4.74 Å². The second kappa shape index (κ2) is 6.69. The average molecular weight is 291 g/mol. The van der Waals surface area contributed by atoms with Crippen LogP contribution in [0.4, 0.5) is 0 Å². The molecule has 3 heteroatoms. The monoisotopic (exact) mass is 290 g/mol. The number of hydrogen-bond donors (Lipinski definition) is 0. The SMILES string of the molecule is COc1cccc(CC(=S)Cc2cccc(Cl)c2)c1. The van der Waals surface area contributed by atoms with E-state index in [-0.39, 0.29) is 0 Å². The zero-order valence-electron chi connectivity index (χ0n) is 10.7. The predicted octanol–water partition coefficient (Wildman–Crippen LogP) is 4.50. The highest BCUT2D eigenvalue weighted by Gasteiger charge is 2.03. The molecular formula is C16H15ClOS. The van der Waals surface area contributed by atoms with Gasteiger partial charge >= 0.3 is 0 Å². The van der Waals surface area contributed by atoms with Gasteiger partial charge in [0.15, 0.2) is 0 Å². The molecule has 0 saturated carbocycles. The molecule has 0 amide bonds. The van der Waals surface area contributed by atoms with Crippen LogP contribution in [-0.2, 0) is 12.8 Å². The van der Waals surface area contributed by atoms with Gasteiger partial charge in [0.25, 0.3) is 0 Å². The molecule has 19 heavy (non-hydrogen) atoms. The summed E-state index contributed by atoms with van der Waals surface area (Å²) in [4.78, 5) is 0.996. The molecule has 2 rings (SSSR count). The molecule has 0 aliphatic carbocycles. The van der Waals surface area contributed by atoms with Crippen molar-refractivity contribution in [3.05, 3.63) is 64.7 Å². The maximum absolute atomic E-state index is 5.97. The molecule has 0 unspecified atom stereocenters. The van der Waals surface area contributed by atoms with E-state index < -0.39 is 0 Å². The van der Waals surface area contributed by atoms with Gasteiger partial charge in [-0.05, 0) is 35.4 Å². The summed E-state index contributed by atoms with van der Waals surface area (Å²) < 4.78 is 5.21. The minimum absolute atomic E-state index is 0.752. The number of rotatable bonds is 5. The summed E-state index contributed by atoms with van der Waals surface area (Å²) in [5.41, 5.74) is 2.33. The third-order valence-corrected chi connectivity index (χ3v) is 3.35. The van der Waals surface area contributed by atoms with E-state index in [0.717, 1.165) is 34.0 Å². The molecule has 0 radical (unpaired) electrons. The summed E-state index contributed by atoms with van der Waals surface area (Å²) in [5, 5.41) is 0.752. The van der Waals surface area contributed by atoms with E-state index in [1.54, 1.807) is 7.11 Å². The van der Waals surface area contributed by atoms with Gasteiger partial charge in [-0.15, -0.1) is 0 Å². The second-order valence-electron chi connectivity index (χ2n) is 4.37. The molecule has 2 aromatic carbocycles. The molecule has 98 valence electrons. The molecular weight excluding hydrogens is 276 g/mol. The van der Waals surface area contributed by atoms with Crippen LogP contribution < -0.4 is 4.74 Å². The normalized spacial score (nSPS) is 10.2. The standard InChI is InChI=1S/C16H15ClOS/c1-18-15-7-3-5-13(9-15)11-16(19)10-12-4-2-6-14(17)8-12/h2-9H,10-11H2,1H3. The van der Waals surface area contributed by atoms with E-state index in [4.69, 9.17) is 28.6 Å². The van der Waals surface area contributed by atoms with Crippen molar-refractivity contribution >= 4 is 28.7 Å². The van der Waals surface area contributed by atoms with Gasteiger partial charge in [0.1, 0.15) is 5.75 Å². The first-order valence-corrected chi connectivity index (χ1v) is 6.85. The Kier molecular flexibility index (Phi) is 4.94. The van der Waals surface area contributed by atoms with Crippen LogP contribution in [0.15, 0.2) is 48.5 Å². The fourth-order valence-corrected chi connectivity index (χ4v) is 2.49. The predicted molar refractivity (Wildman–Crippen MR) is 84.5 cm³/mol. The van der Waals surface area contributed by atoms with Crippen LogP contribution in [0.3, 0.4) is 0 Å². The highest BCUT2D eigenvalue weighted by Crippen LogP contribution is 2.16. The Bertz CT molecular complexity index is 580. The van der Waals surface area contributed by atoms with Crippen molar-refractivity contribution in [2.45, 2.75) is 12.8 Å². The molecule has 0 saturated heterocycles. The van der Waals surface area contributed by atoms with E-state index in [1.165, 1.54) is 5.56 Å². The number of ether oxygens (including phenoxy) is 1. The zero-order chi connectivity index (χ0) is 13.7. The molecule has 0 aliphatic heterocycles. The van der Waals surface area contributed by atoms with Crippen molar-refractivity contribution in [2.75, 3.05) is 7.11 Å². The number of benzene rings is 2. The summed E-state index contributed by atoms with van der Waals surface area (Å²) in [7, 11) is 1.67. The lowest BCUT2D eigenvalue weighted by Gasteiger charge is -2.06. The van der Waals surface area contributed by atoms with Crippen molar-refractivity contribution in [3.8, 4) is 5.75 Å². The van der Waals surface area contributed by atoms with Crippen LogP contribution in [-0.4, -0.2) is 12.0 Å². The number of thiocarbonyl (C=S) groups is 1. The molecule has 1 nitrogen and oxygen atoms in total. The fraction of sp³-hybridized carbons (Fsp3) is 0.188. The minimum atomic E-state index is 0.752. The van der Waals surface area contributed by atoms with Crippen LogP contribution in [0.1, 0.15) is 11.1 Å². The van der Waals surface area contributed by atoms with Crippen LogP contribution in [0.25, 0.3) is 0 Å². The Morgan fingerprint density at radius 1 is 1.05 bits per heavy atom. The van der Waals surface area contributed by atoms with E-state index >= 15 is 0 Å². The minimum Gasteiger partial charge on any atom is -0.497 e. The Morgan fingerprint density at radius 3 is 2.32 bits per heavy atom. The Balaban J connectivity index is 2.01. The largest absolute Gasteiger partial charge is 0.497 e. The summed E-state index contributed by atoms with van der Waals surface area (Å²) in [6.07, 6.45) is 1.55. The van der Waals surface area contributed by atoms with Crippen molar-refractivity contribution in [3.63, 3.8) is 0 Å². The number of hydrogen-bond acceptors (Lipinski definition) is 2. The van der Waals surface area contributed by atoms with Gasteiger partial charge in [0.05, 0.1) is 7.11 Å². The van der Waals surface area contributed by atoms with Crippen molar-refractivity contribution < 1.29 is 4.74 Å². The number of methoxy groups -OCH3 is 1. The van der Waals surface area contributed by atoms with Gasteiger partial charge in [-0.25, -0.2) is 0 Å².